The molecule has 1 unspecified atom stereocenters. The molecule has 1 rings (SSSR count). The van der Waals surface area contributed by atoms with Crippen molar-refractivity contribution >= 4 is 5.97 Å². The van der Waals surface area contributed by atoms with Crippen molar-refractivity contribution in [2.75, 3.05) is 20.8 Å². The number of benzene rings is 1. The standard InChI is InChI=1S/C13H17FO5/c1-4-19-13(16)11(15)8-5-9(7-14)12(18-3)10(6-8)17-2/h5-6,11,15H,4,7H2,1-3H3. The van der Waals surface area contributed by atoms with Crippen LogP contribution in [0.1, 0.15) is 24.2 Å². The van der Waals surface area contributed by atoms with E-state index in [0.717, 1.165) is 0 Å². The van der Waals surface area contributed by atoms with Crippen LogP contribution in [0.25, 0.3) is 0 Å². The van der Waals surface area contributed by atoms with Gasteiger partial charge in [-0.05, 0) is 24.6 Å². The summed E-state index contributed by atoms with van der Waals surface area (Å²) in [6.07, 6.45) is -1.48. The van der Waals surface area contributed by atoms with Gasteiger partial charge in [-0.1, -0.05) is 0 Å². The number of alkyl halides is 1. The molecule has 1 aromatic rings. The maximum absolute atomic E-state index is 12.9. The number of rotatable bonds is 6. The van der Waals surface area contributed by atoms with Crippen LogP contribution in [0.5, 0.6) is 11.5 Å². The Bertz CT molecular complexity index is 422. The molecule has 1 aromatic carbocycles. The van der Waals surface area contributed by atoms with Gasteiger partial charge in [0.2, 0.25) is 0 Å². The van der Waals surface area contributed by atoms with Crippen molar-refractivity contribution in [1.82, 2.24) is 0 Å². The Morgan fingerprint density at radius 2 is 2.05 bits per heavy atom. The third-order valence-corrected chi connectivity index (χ3v) is 2.55. The summed E-state index contributed by atoms with van der Waals surface area (Å²) in [5.41, 5.74) is 0.393. The summed E-state index contributed by atoms with van der Waals surface area (Å²) in [5.74, 6) is -0.305. The first-order chi connectivity index (χ1) is 9.08. The Morgan fingerprint density at radius 1 is 1.37 bits per heavy atom. The number of hydrogen-bond donors (Lipinski definition) is 1. The zero-order valence-corrected chi connectivity index (χ0v) is 11.1. The highest BCUT2D eigenvalue weighted by atomic mass is 19.1. The molecule has 0 aliphatic rings. The molecule has 1 atom stereocenters. The van der Waals surface area contributed by atoms with Crippen molar-refractivity contribution in [3.05, 3.63) is 23.3 Å². The summed E-state index contributed by atoms with van der Waals surface area (Å²) < 4.78 is 27.7. The fourth-order valence-electron chi connectivity index (χ4n) is 1.68. The first-order valence-corrected chi connectivity index (χ1v) is 5.74. The van der Waals surface area contributed by atoms with Crippen LogP contribution in [-0.4, -0.2) is 31.9 Å². The van der Waals surface area contributed by atoms with E-state index in [1.54, 1.807) is 6.92 Å². The van der Waals surface area contributed by atoms with Gasteiger partial charge in [0.25, 0.3) is 0 Å². The minimum Gasteiger partial charge on any atom is -0.493 e. The van der Waals surface area contributed by atoms with Gasteiger partial charge in [-0.25, -0.2) is 9.18 Å². The molecule has 0 amide bonds. The molecule has 0 spiro atoms. The van der Waals surface area contributed by atoms with E-state index in [4.69, 9.17) is 14.2 Å². The fourth-order valence-corrected chi connectivity index (χ4v) is 1.68. The number of carbonyl (C=O) groups is 1. The van der Waals surface area contributed by atoms with Crippen LogP contribution in [0.2, 0.25) is 0 Å². The molecular weight excluding hydrogens is 255 g/mol. The number of ether oxygens (including phenoxy) is 3. The van der Waals surface area contributed by atoms with Crippen LogP contribution in [0.15, 0.2) is 12.1 Å². The van der Waals surface area contributed by atoms with E-state index in [1.807, 2.05) is 0 Å². The summed E-state index contributed by atoms with van der Waals surface area (Å²) in [5, 5.41) is 9.83. The molecule has 0 heterocycles. The van der Waals surface area contributed by atoms with E-state index in [-0.39, 0.29) is 29.2 Å². The lowest BCUT2D eigenvalue weighted by Gasteiger charge is -2.16. The van der Waals surface area contributed by atoms with E-state index in [9.17, 15) is 14.3 Å². The zero-order chi connectivity index (χ0) is 14.4. The number of hydrogen-bond acceptors (Lipinski definition) is 5. The van der Waals surface area contributed by atoms with Gasteiger partial charge in [-0.2, -0.15) is 0 Å². The van der Waals surface area contributed by atoms with Crippen LogP contribution >= 0.6 is 0 Å². The highest BCUT2D eigenvalue weighted by Crippen LogP contribution is 2.35. The summed E-state index contributed by atoms with van der Waals surface area (Å²) >= 11 is 0. The lowest BCUT2D eigenvalue weighted by Crippen LogP contribution is -2.16. The second kappa shape index (κ2) is 6.94. The molecule has 0 bridgehead atoms. The molecule has 106 valence electrons. The Labute approximate surface area is 110 Å². The van der Waals surface area contributed by atoms with Crippen LogP contribution < -0.4 is 9.47 Å². The smallest absolute Gasteiger partial charge is 0.339 e. The Kier molecular flexibility index (Phi) is 5.57. The minimum atomic E-state index is -1.48. The molecule has 5 nitrogen and oxygen atoms in total. The van der Waals surface area contributed by atoms with E-state index < -0.39 is 18.7 Å². The highest BCUT2D eigenvalue weighted by molar-refractivity contribution is 5.76. The van der Waals surface area contributed by atoms with Gasteiger partial charge < -0.3 is 19.3 Å². The SMILES string of the molecule is CCOC(=O)C(O)c1cc(CF)c(OC)c(OC)c1. The molecule has 0 aliphatic carbocycles. The Hall–Kier alpha value is -1.82. The lowest BCUT2D eigenvalue weighted by molar-refractivity contribution is -0.153. The number of aliphatic hydroxyl groups is 1. The molecule has 0 saturated heterocycles. The molecule has 1 N–H and O–H groups in total. The van der Waals surface area contributed by atoms with Crippen molar-refractivity contribution in [3.63, 3.8) is 0 Å². The van der Waals surface area contributed by atoms with E-state index in [1.165, 1.54) is 26.4 Å². The van der Waals surface area contributed by atoms with Gasteiger partial charge in [-0.3, -0.25) is 0 Å². The van der Waals surface area contributed by atoms with Crippen molar-refractivity contribution in [1.29, 1.82) is 0 Å². The molecule has 0 radical (unpaired) electrons. The second-order valence-electron chi connectivity index (χ2n) is 3.70. The van der Waals surface area contributed by atoms with Crippen LogP contribution in [0.4, 0.5) is 4.39 Å². The normalized spacial score (nSPS) is 11.8. The Morgan fingerprint density at radius 3 is 2.53 bits per heavy atom. The number of esters is 1. The number of aliphatic hydroxyl groups excluding tert-OH is 1. The number of halogens is 1. The van der Waals surface area contributed by atoms with Gasteiger partial charge in [0.15, 0.2) is 17.6 Å². The Balaban J connectivity index is 3.18. The molecule has 0 aliphatic heterocycles. The maximum atomic E-state index is 12.9. The molecule has 19 heavy (non-hydrogen) atoms. The summed E-state index contributed by atoms with van der Waals surface area (Å²) in [7, 11) is 2.78. The summed E-state index contributed by atoms with van der Waals surface area (Å²) in [6.45, 7) is 0.980. The van der Waals surface area contributed by atoms with E-state index >= 15 is 0 Å². The van der Waals surface area contributed by atoms with Crippen LogP contribution in [0, 0.1) is 0 Å². The van der Waals surface area contributed by atoms with Crippen molar-refractivity contribution in [2.24, 2.45) is 0 Å². The van der Waals surface area contributed by atoms with Gasteiger partial charge in [0.05, 0.1) is 20.8 Å². The van der Waals surface area contributed by atoms with Crippen LogP contribution in [0.3, 0.4) is 0 Å². The third-order valence-electron chi connectivity index (χ3n) is 2.55. The van der Waals surface area contributed by atoms with Crippen LogP contribution in [-0.2, 0) is 16.2 Å². The predicted octanol–water partition coefficient (Wildman–Crippen LogP) is 1.77. The van der Waals surface area contributed by atoms with Crippen molar-refractivity contribution < 1.29 is 28.5 Å². The van der Waals surface area contributed by atoms with Gasteiger partial charge in [0.1, 0.15) is 6.67 Å². The molecule has 0 fully saturated rings. The van der Waals surface area contributed by atoms with Gasteiger partial charge in [-0.15, -0.1) is 0 Å². The number of carbonyl (C=O) groups excluding carboxylic acids is 1. The third kappa shape index (κ3) is 3.35. The minimum absolute atomic E-state index is 0.152. The van der Waals surface area contributed by atoms with E-state index in [2.05, 4.69) is 0 Å². The first kappa shape index (κ1) is 15.2. The average Bonchev–Trinajstić information content (AvgIpc) is 2.44. The first-order valence-electron chi connectivity index (χ1n) is 5.74. The predicted molar refractivity (Wildman–Crippen MR) is 66.0 cm³/mol. The van der Waals surface area contributed by atoms with Gasteiger partial charge >= 0.3 is 5.97 Å². The fraction of sp³-hybridized carbons (Fsp3) is 0.462. The average molecular weight is 272 g/mol. The van der Waals surface area contributed by atoms with Crippen molar-refractivity contribution in [2.45, 2.75) is 19.7 Å². The molecular formula is C13H17FO5. The number of methoxy groups -OCH3 is 2. The highest BCUT2D eigenvalue weighted by Gasteiger charge is 2.22. The zero-order valence-electron chi connectivity index (χ0n) is 11.1. The maximum Gasteiger partial charge on any atom is 0.339 e. The topological polar surface area (TPSA) is 65.0 Å². The molecule has 6 heteroatoms. The lowest BCUT2D eigenvalue weighted by atomic mass is 10.0. The quantitative estimate of drug-likeness (QED) is 0.799. The van der Waals surface area contributed by atoms with E-state index in [0.29, 0.717) is 0 Å². The second-order valence-corrected chi connectivity index (χ2v) is 3.70. The summed E-state index contributed by atoms with van der Waals surface area (Å²) in [6, 6.07) is 2.77. The summed E-state index contributed by atoms with van der Waals surface area (Å²) in [4.78, 5) is 11.5. The van der Waals surface area contributed by atoms with Gasteiger partial charge in [0, 0.05) is 5.56 Å². The molecule has 0 saturated carbocycles. The monoisotopic (exact) mass is 272 g/mol. The largest absolute Gasteiger partial charge is 0.493 e. The molecule has 0 aromatic heterocycles. The van der Waals surface area contributed by atoms with Crippen molar-refractivity contribution in [3.8, 4) is 11.5 Å².